The summed E-state index contributed by atoms with van der Waals surface area (Å²) >= 11 is 0. The summed E-state index contributed by atoms with van der Waals surface area (Å²) < 4.78 is 30.1. The zero-order chi connectivity index (χ0) is 16.7. The van der Waals surface area contributed by atoms with Crippen molar-refractivity contribution in [2.45, 2.75) is 38.9 Å². The molecule has 1 aromatic rings. The van der Waals surface area contributed by atoms with E-state index in [1.165, 1.54) is 18.2 Å². The topological polar surface area (TPSA) is 48.1 Å². The van der Waals surface area contributed by atoms with Gasteiger partial charge in [-0.3, -0.25) is 0 Å². The molecule has 1 aliphatic heterocycles. The fourth-order valence-electron chi connectivity index (χ4n) is 2.33. The van der Waals surface area contributed by atoms with Crippen molar-refractivity contribution in [3.63, 3.8) is 0 Å². The van der Waals surface area contributed by atoms with Crippen LogP contribution in [-0.4, -0.2) is 31.9 Å². The van der Waals surface area contributed by atoms with Crippen LogP contribution in [0.2, 0.25) is 0 Å². The van der Waals surface area contributed by atoms with Gasteiger partial charge in [0.1, 0.15) is 11.9 Å². The van der Waals surface area contributed by atoms with Crippen molar-refractivity contribution in [3.05, 3.63) is 41.2 Å². The van der Waals surface area contributed by atoms with Gasteiger partial charge in [0.2, 0.25) is 0 Å². The van der Waals surface area contributed by atoms with Crippen molar-refractivity contribution in [2.24, 2.45) is 0 Å². The molecular weight excluding hydrogens is 299 g/mol. The van der Waals surface area contributed by atoms with Gasteiger partial charge in [0.15, 0.2) is 0 Å². The predicted molar refractivity (Wildman–Crippen MR) is 85.4 cm³/mol. The van der Waals surface area contributed by atoms with Gasteiger partial charge in [0.25, 0.3) is 0 Å². The fourth-order valence-corrected chi connectivity index (χ4v) is 2.33. The van der Waals surface area contributed by atoms with Gasteiger partial charge < -0.3 is 14.2 Å². The molecule has 23 heavy (non-hydrogen) atoms. The number of epoxide rings is 1. The third-order valence-electron chi connectivity index (χ3n) is 3.54. The zero-order valence-electron chi connectivity index (χ0n) is 13.6. The van der Waals surface area contributed by atoms with Gasteiger partial charge >= 0.3 is 5.97 Å². The Kier molecular flexibility index (Phi) is 6.74. The van der Waals surface area contributed by atoms with Crippen LogP contribution >= 0.6 is 0 Å². The highest BCUT2D eigenvalue weighted by Crippen LogP contribution is 2.29. The first-order chi connectivity index (χ1) is 11.2. The van der Waals surface area contributed by atoms with E-state index in [1.807, 2.05) is 6.07 Å². The first-order valence-electron chi connectivity index (χ1n) is 8.02. The van der Waals surface area contributed by atoms with E-state index in [0.29, 0.717) is 12.2 Å². The smallest absolute Gasteiger partial charge is 0.330 e. The van der Waals surface area contributed by atoms with Gasteiger partial charge in [0.05, 0.1) is 25.9 Å². The maximum absolute atomic E-state index is 14.2. The predicted octanol–water partition coefficient (Wildman–Crippen LogP) is 3.66. The standard InChI is InChI=1S/C18H23FO4/c1-3-6-17(23-12-13-11-22-13)15-7-5-8-16(19)14(15)9-10-18(20)21-4-2/h5,7-10,13,17H,3-4,6,11-12H2,1-2H3/b10-9+. The van der Waals surface area contributed by atoms with Crippen LogP contribution in [0.4, 0.5) is 4.39 Å². The molecule has 1 saturated heterocycles. The van der Waals surface area contributed by atoms with Gasteiger partial charge in [-0.25, -0.2) is 9.18 Å². The summed E-state index contributed by atoms with van der Waals surface area (Å²) in [5.74, 6) is -0.864. The van der Waals surface area contributed by atoms with Crippen molar-refractivity contribution in [3.8, 4) is 0 Å². The van der Waals surface area contributed by atoms with E-state index < -0.39 is 5.97 Å². The largest absolute Gasteiger partial charge is 0.463 e. The molecule has 0 N–H and O–H groups in total. The highest BCUT2D eigenvalue weighted by atomic mass is 19.1. The Morgan fingerprint density at radius 2 is 2.26 bits per heavy atom. The number of benzene rings is 1. The Morgan fingerprint density at radius 1 is 1.48 bits per heavy atom. The second kappa shape index (κ2) is 8.79. The lowest BCUT2D eigenvalue weighted by molar-refractivity contribution is -0.137. The number of carbonyl (C=O) groups is 1. The maximum atomic E-state index is 14.2. The van der Waals surface area contributed by atoms with Crippen LogP contribution in [0, 0.1) is 5.82 Å². The van der Waals surface area contributed by atoms with E-state index in [4.69, 9.17) is 14.2 Å². The zero-order valence-corrected chi connectivity index (χ0v) is 13.6. The van der Waals surface area contributed by atoms with E-state index in [-0.39, 0.29) is 24.6 Å². The molecule has 2 rings (SSSR count). The number of esters is 1. The van der Waals surface area contributed by atoms with Crippen LogP contribution < -0.4 is 0 Å². The minimum absolute atomic E-state index is 0.154. The lowest BCUT2D eigenvalue weighted by Gasteiger charge is -2.20. The monoisotopic (exact) mass is 322 g/mol. The van der Waals surface area contributed by atoms with E-state index in [2.05, 4.69) is 6.92 Å². The molecule has 126 valence electrons. The summed E-state index contributed by atoms with van der Waals surface area (Å²) in [5.41, 5.74) is 1.11. The van der Waals surface area contributed by atoms with Gasteiger partial charge in [-0.05, 0) is 31.1 Å². The molecule has 1 aromatic carbocycles. The first kappa shape index (κ1) is 17.6. The van der Waals surface area contributed by atoms with Crippen molar-refractivity contribution in [2.75, 3.05) is 19.8 Å². The van der Waals surface area contributed by atoms with E-state index in [1.54, 1.807) is 13.0 Å². The summed E-state index contributed by atoms with van der Waals surface area (Å²) in [6, 6.07) is 4.87. The van der Waals surface area contributed by atoms with Crippen LogP contribution in [0.25, 0.3) is 6.08 Å². The molecule has 0 bridgehead atoms. The SMILES string of the molecule is CCCC(OCC1CO1)c1cccc(F)c1/C=C/C(=O)OCC. The molecule has 1 aliphatic rings. The van der Waals surface area contributed by atoms with Crippen LogP contribution in [0.3, 0.4) is 0 Å². The van der Waals surface area contributed by atoms with Gasteiger partial charge in [-0.1, -0.05) is 25.5 Å². The average molecular weight is 322 g/mol. The molecule has 0 amide bonds. The molecule has 1 heterocycles. The number of hydrogen-bond donors (Lipinski definition) is 0. The van der Waals surface area contributed by atoms with Crippen molar-refractivity contribution in [1.82, 2.24) is 0 Å². The first-order valence-corrected chi connectivity index (χ1v) is 8.02. The third-order valence-corrected chi connectivity index (χ3v) is 3.54. The Morgan fingerprint density at radius 3 is 2.91 bits per heavy atom. The lowest BCUT2D eigenvalue weighted by atomic mass is 9.98. The van der Waals surface area contributed by atoms with Crippen LogP contribution in [0.1, 0.15) is 43.9 Å². The van der Waals surface area contributed by atoms with E-state index in [9.17, 15) is 9.18 Å². The number of ether oxygens (including phenoxy) is 3. The second-order valence-corrected chi connectivity index (χ2v) is 5.39. The Balaban J connectivity index is 2.20. The Labute approximate surface area is 136 Å². The lowest BCUT2D eigenvalue weighted by Crippen LogP contribution is -2.11. The molecular formula is C18H23FO4. The summed E-state index contributed by atoms with van der Waals surface area (Å²) in [6.45, 7) is 5.29. The molecule has 0 aromatic heterocycles. The van der Waals surface area contributed by atoms with E-state index in [0.717, 1.165) is 25.0 Å². The normalized spacial score (nSPS) is 18.1. The molecule has 0 radical (unpaired) electrons. The number of carbonyl (C=O) groups excluding carboxylic acids is 1. The molecule has 0 spiro atoms. The molecule has 0 aliphatic carbocycles. The minimum atomic E-state index is -0.485. The van der Waals surface area contributed by atoms with Crippen LogP contribution in [0.15, 0.2) is 24.3 Å². The van der Waals surface area contributed by atoms with Gasteiger partial charge in [-0.15, -0.1) is 0 Å². The van der Waals surface area contributed by atoms with Crippen molar-refractivity contribution < 1.29 is 23.4 Å². The molecule has 1 fully saturated rings. The Hall–Kier alpha value is -1.72. The van der Waals surface area contributed by atoms with Gasteiger partial charge in [0, 0.05) is 11.6 Å². The molecule has 2 atom stereocenters. The summed E-state index contributed by atoms with van der Waals surface area (Å²) in [5, 5.41) is 0. The highest BCUT2D eigenvalue weighted by molar-refractivity contribution is 5.87. The van der Waals surface area contributed by atoms with Crippen LogP contribution in [0.5, 0.6) is 0 Å². The molecule has 5 heteroatoms. The second-order valence-electron chi connectivity index (χ2n) is 5.39. The Bertz CT molecular complexity index is 552. The number of rotatable bonds is 9. The van der Waals surface area contributed by atoms with Crippen molar-refractivity contribution >= 4 is 12.0 Å². The van der Waals surface area contributed by atoms with Gasteiger partial charge in [-0.2, -0.15) is 0 Å². The maximum Gasteiger partial charge on any atom is 0.330 e. The average Bonchev–Trinajstić information content (AvgIpc) is 3.34. The molecule has 0 saturated carbocycles. The third kappa shape index (κ3) is 5.44. The number of halogens is 1. The van der Waals surface area contributed by atoms with E-state index >= 15 is 0 Å². The summed E-state index contributed by atoms with van der Waals surface area (Å²) in [7, 11) is 0. The van der Waals surface area contributed by atoms with Crippen molar-refractivity contribution in [1.29, 1.82) is 0 Å². The summed E-state index contributed by atoms with van der Waals surface area (Å²) in [4.78, 5) is 11.5. The fraction of sp³-hybridized carbons (Fsp3) is 0.500. The summed E-state index contributed by atoms with van der Waals surface area (Å²) in [6.07, 6.45) is 4.33. The highest BCUT2D eigenvalue weighted by Gasteiger charge is 2.25. The molecule has 2 unspecified atom stereocenters. The number of hydrogen-bond acceptors (Lipinski definition) is 4. The molecule has 4 nitrogen and oxygen atoms in total. The quantitative estimate of drug-likeness (QED) is 0.395. The minimum Gasteiger partial charge on any atom is -0.463 e. The van der Waals surface area contributed by atoms with Crippen LogP contribution in [-0.2, 0) is 19.0 Å².